The molecule has 1 rings (SSSR count). The third-order valence-corrected chi connectivity index (χ3v) is 2.81. The summed E-state index contributed by atoms with van der Waals surface area (Å²) < 4.78 is 10.4. The van der Waals surface area contributed by atoms with Crippen LogP contribution in [0.1, 0.15) is 13.8 Å². The van der Waals surface area contributed by atoms with Crippen LogP contribution in [-0.2, 0) is 9.63 Å². The summed E-state index contributed by atoms with van der Waals surface area (Å²) in [5.41, 5.74) is 3.39. The largest absolute Gasteiger partial charge is 0.479 e. The van der Waals surface area contributed by atoms with Crippen molar-refractivity contribution in [2.24, 2.45) is 0 Å². The zero-order valence-electron chi connectivity index (χ0n) is 12.9. The third kappa shape index (κ3) is 4.22. The number of rotatable bonds is 8. The number of amides is 1. The number of alkyl halides is 1. The number of anilines is 1. The van der Waals surface area contributed by atoms with Crippen LogP contribution in [0.15, 0.2) is 18.2 Å². The quantitative estimate of drug-likeness (QED) is 0.439. The molecule has 0 bridgehead atoms. The minimum absolute atomic E-state index is 0.189. The Morgan fingerprint density at radius 1 is 1.36 bits per heavy atom. The number of hydroxylamine groups is 1. The standard InChI is InChI=1S/C13H19ClN4O4/c1-5-22-17-7-9(2)18(10(19)6-14)11-12(20-3)15-8-16-13(11)21-4/h7-8,17H,5-6H2,1-4H3. The Morgan fingerprint density at radius 2 is 1.95 bits per heavy atom. The van der Waals surface area contributed by atoms with E-state index in [-0.39, 0.29) is 29.2 Å². The van der Waals surface area contributed by atoms with E-state index in [2.05, 4.69) is 15.4 Å². The van der Waals surface area contributed by atoms with Gasteiger partial charge in [0.05, 0.1) is 20.8 Å². The van der Waals surface area contributed by atoms with Crippen molar-refractivity contribution < 1.29 is 19.1 Å². The Labute approximate surface area is 134 Å². The van der Waals surface area contributed by atoms with Crippen LogP contribution in [0.4, 0.5) is 5.69 Å². The topological polar surface area (TPSA) is 85.8 Å². The third-order valence-electron chi connectivity index (χ3n) is 2.58. The van der Waals surface area contributed by atoms with Gasteiger partial charge in [0.15, 0.2) is 5.69 Å². The maximum absolute atomic E-state index is 12.2. The first-order chi connectivity index (χ1) is 10.6. The molecule has 22 heavy (non-hydrogen) atoms. The molecule has 1 aromatic heterocycles. The molecule has 0 aliphatic rings. The maximum Gasteiger partial charge on any atom is 0.246 e. The first-order valence-electron chi connectivity index (χ1n) is 6.46. The average molecular weight is 331 g/mol. The predicted molar refractivity (Wildman–Crippen MR) is 81.9 cm³/mol. The van der Waals surface area contributed by atoms with E-state index in [1.807, 2.05) is 6.92 Å². The van der Waals surface area contributed by atoms with E-state index in [1.54, 1.807) is 6.92 Å². The van der Waals surface area contributed by atoms with Crippen LogP contribution in [0.2, 0.25) is 0 Å². The van der Waals surface area contributed by atoms with Gasteiger partial charge in [-0.15, -0.1) is 11.6 Å². The zero-order chi connectivity index (χ0) is 16.5. The molecule has 0 aromatic carbocycles. The Hall–Kier alpha value is -2.06. The molecular weight excluding hydrogens is 312 g/mol. The molecule has 1 amide bonds. The van der Waals surface area contributed by atoms with Gasteiger partial charge in [0, 0.05) is 11.9 Å². The fourth-order valence-corrected chi connectivity index (χ4v) is 1.79. The molecule has 0 radical (unpaired) electrons. The summed E-state index contributed by atoms with van der Waals surface area (Å²) in [6.45, 7) is 3.99. The number of allylic oxidation sites excluding steroid dienone is 1. The van der Waals surface area contributed by atoms with Crippen molar-refractivity contribution in [2.45, 2.75) is 13.8 Å². The summed E-state index contributed by atoms with van der Waals surface area (Å²) in [6.07, 6.45) is 2.79. The second kappa shape index (κ2) is 9.06. The number of methoxy groups -OCH3 is 2. The number of ether oxygens (including phenoxy) is 2. The van der Waals surface area contributed by atoms with E-state index in [9.17, 15) is 4.79 Å². The van der Waals surface area contributed by atoms with Crippen LogP contribution < -0.4 is 19.9 Å². The monoisotopic (exact) mass is 330 g/mol. The van der Waals surface area contributed by atoms with Crippen LogP contribution in [-0.4, -0.2) is 42.6 Å². The Morgan fingerprint density at radius 3 is 2.41 bits per heavy atom. The summed E-state index contributed by atoms with van der Waals surface area (Å²) in [4.78, 5) is 26.6. The fourth-order valence-electron chi connectivity index (χ4n) is 1.67. The number of nitrogens with zero attached hydrogens (tertiary/aromatic N) is 3. The smallest absolute Gasteiger partial charge is 0.246 e. The first-order valence-corrected chi connectivity index (χ1v) is 7.00. The van der Waals surface area contributed by atoms with Gasteiger partial charge in [0.25, 0.3) is 0 Å². The summed E-state index contributed by atoms with van der Waals surface area (Å²) >= 11 is 5.70. The van der Waals surface area contributed by atoms with Crippen molar-refractivity contribution in [3.8, 4) is 11.8 Å². The average Bonchev–Trinajstić information content (AvgIpc) is 2.55. The van der Waals surface area contributed by atoms with Crippen molar-refractivity contribution in [2.75, 3.05) is 31.6 Å². The number of nitrogens with one attached hydrogen (secondary N) is 1. The molecular formula is C13H19ClN4O4. The van der Waals surface area contributed by atoms with Gasteiger partial charge in [-0.2, -0.15) is 9.97 Å². The van der Waals surface area contributed by atoms with E-state index >= 15 is 0 Å². The predicted octanol–water partition coefficient (Wildman–Crippen LogP) is 1.47. The summed E-state index contributed by atoms with van der Waals surface area (Å²) in [5, 5.41) is 0. The van der Waals surface area contributed by atoms with E-state index in [0.29, 0.717) is 12.3 Å². The molecule has 0 atom stereocenters. The minimum Gasteiger partial charge on any atom is -0.479 e. The van der Waals surface area contributed by atoms with Gasteiger partial charge in [-0.25, -0.2) is 0 Å². The molecule has 0 saturated carbocycles. The van der Waals surface area contributed by atoms with Gasteiger partial charge < -0.3 is 9.47 Å². The number of halogens is 1. The normalized spacial score (nSPS) is 11.0. The van der Waals surface area contributed by atoms with Gasteiger partial charge in [-0.3, -0.25) is 20.0 Å². The number of hydrogen-bond acceptors (Lipinski definition) is 7. The molecule has 0 aliphatic heterocycles. The molecule has 0 saturated heterocycles. The van der Waals surface area contributed by atoms with Crippen molar-refractivity contribution in [1.29, 1.82) is 0 Å². The highest BCUT2D eigenvalue weighted by molar-refractivity contribution is 6.30. The molecule has 1 aromatic rings. The molecule has 0 unspecified atom stereocenters. The SMILES string of the molecule is CCONC=C(C)N(C(=O)CCl)c1c(OC)ncnc1OC. The van der Waals surface area contributed by atoms with Crippen molar-refractivity contribution >= 4 is 23.2 Å². The molecule has 8 nitrogen and oxygen atoms in total. The van der Waals surface area contributed by atoms with Gasteiger partial charge in [0.2, 0.25) is 17.7 Å². The highest BCUT2D eigenvalue weighted by atomic mass is 35.5. The van der Waals surface area contributed by atoms with E-state index in [0.717, 1.165) is 0 Å². The van der Waals surface area contributed by atoms with Crippen molar-refractivity contribution in [1.82, 2.24) is 15.4 Å². The second-order valence-corrected chi connectivity index (χ2v) is 4.21. The Balaban J connectivity index is 3.34. The van der Waals surface area contributed by atoms with Gasteiger partial charge in [-0.1, -0.05) is 0 Å². The lowest BCUT2D eigenvalue weighted by Gasteiger charge is -2.24. The lowest BCUT2D eigenvalue weighted by atomic mass is 10.3. The molecule has 0 aliphatic carbocycles. The molecule has 122 valence electrons. The fraction of sp³-hybridized carbons (Fsp3) is 0.462. The van der Waals surface area contributed by atoms with Crippen LogP contribution in [0.25, 0.3) is 0 Å². The Kier molecular flexibility index (Phi) is 7.41. The van der Waals surface area contributed by atoms with Gasteiger partial charge in [-0.05, 0) is 13.8 Å². The maximum atomic E-state index is 12.2. The molecule has 0 spiro atoms. The Bertz CT molecular complexity index is 517. The number of carbonyl (C=O) groups excluding carboxylic acids is 1. The molecule has 1 N–H and O–H groups in total. The van der Waals surface area contributed by atoms with Gasteiger partial charge in [0.1, 0.15) is 12.2 Å². The lowest BCUT2D eigenvalue weighted by Crippen LogP contribution is -2.32. The van der Waals surface area contributed by atoms with Crippen LogP contribution in [0.3, 0.4) is 0 Å². The molecule has 1 heterocycles. The summed E-state index contributed by atoms with van der Waals surface area (Å²) in [7, 11) is 2.87. The molecule has 9 heteroatoms. The lowest BCUT2D eigenvalue weighted by molar-refractivity contribution is -0.115. The number of aromatic nitrogens is 2. The van der Waals surface area contributed by atoms with E-state index < -0.39 is 0 Å². The second-order valence-electron chi connectivity index (χ2n) is 3.94. The van der Waals surface area contributed by atoms with Crippen molar-refractivity contribution in [3.05, 3.63) is 18.2 Å². The highest BCUT2D eigenvalue weighted by Crippen LogP contribution is 2.36. The summed E-state index contributed by atoms with van der Waals surface area (Å²) in [6, 6.07) is 0. The first kappa shape index (κ1) is 18.0. The highest BCUT2D eigenvalue weighted by Gasteiger charge is 2.26. The number of hydrogen-bond donors (Lipinski definition) is 1. The van der Waals surface area contributed by atoms with E-state index in [4.69, 9.17) is 25.9 Å². The van der Waals surface area contributed by atoms with E-state index in [1.165, 1.54) is 31.6 Å². The molecule has 0 fully saturated rings. The van der Waals surface area contributed by atoms with Crippen molar-refractivity contribution in [3.63, 3.8) is 0 Å². The zero-order valence-corrected chi connectivity index (χ0v) is 13.7. The van der Waals surface area contributed by atoms with Crippen LogP contribution >= 0.6 is 11.6 Å². The number of carbonyl (C=O) groups is 1. The summed E-state index contributed by atoms with van der Waals surface area (Å²) in [5.74, 6) is -0.245. The van der Waals surface area contributed by atoms with Gasteiger partial charge >= 0.3 is 0 Å². The van der Waals surface area contributed by atoms with Crippen LogP contribution in [0.5, 0.6) is 11.8 Å². The minimum atomic E-state index is -0.389. The van der Waals surface area contributed by atoms with Crippen LogP contribution in [0, 0.1) is 0 Å².